The predicted octanol–water partition coefficient (Wildman–Crippen LogP) is 1.62. The highest BCUT2D eigenvalue weighted by atomic mass is 16.4. The summed E-state index contributed by atoms with van der Waals surface area (Å²) >= 11 is 0. The second-order valence-electron chi connectivity index (χ2n) is 3.64. The number of carboxylic acid groups (broad SMARTS) is 1. The Morgan fingerprint density at radius 1 is 1.56 bits per heavy atom. The van der Waals surface area contributed by atoms with Crippen LogP contribution in [0.4, 0.5) is 0 Å². The van der Waals surface area contributed by atoms with Crippen LogP contribution in [0, 0.1) is 6.92 Å². The van der Waals surface area contributed by atoms with E-state index in [-0.39, 0.29) is 6.42 Å². The highest BCUT2D eigenvalue weighted by Crippen LogP contribution is 2.25. The number of carbonyl (C=O) groups is 1. The van der Waals surface area contributed by atoms with Gasteiger partial charge in [-0.05, 0) is 19.1 Å². The van der Waals surface area contributed by atoms with E-state index in [4.69, 9.17) is 9.52 Å². The van der Waals surface area contributed by atoms with Crippen LogP contribution >= 0.6 is 0 Å². The fourth-order valence-corrected chi connectivity index (χ4v) is 1.59. The molecule has 5 heteroatoms. The maximum atomic E-state index is 10.7. The Labute approximate surface area is 92.3 Å². The Kier molecular flexibility index (Phi) is 2.52. The lowest BCUT2D eigenvalue weighted by Crippen LogP contribution is -2.02. The molecule has 2 aromatic heterocycles. The van der Waals surface area contributed by atoms with Crippen molar-refractivity contribution >= 4 is 5.97 Å². The van der Waals surface area contributed by atoms with E-state index in [0.29, 0.717) is 11.5 Å². The molecule has 0 aliphatic rings. The summed E-state index contributed by atoms with van der Waals surface area (Å²) in [5.74, 6) is 0.546. The fraction of sp³-hybridized carbons (Fsp3) is 0.273. The van der Waals surface area contributed by atoms with Gasteiger partial charge in [0.2, 0.25) is 0 Å². The van der Waals surface area contributed by atoms with Crippen LogP contribution in [0.3, 0.4) is 0 Å². The molecule has 5 nitrogen and oxygen atoms in total. The third-order valence-electron chi connectivity index (χ3n) is 2.23. The fourth-order valence-electron chi connectivity index (χ4n) is 1.59. The Bertz CT molecular complexity index is 525. The van der Waals surface area contributed by atoms with Crippen molar-refractivity contribution in [1.29, 1.82) is 0 Å². The Morgan fingerprint density at radius 3 is 2.88 bits per heavy atom. The van der Waals surface area contributed by atoms with Crippen LogP contribution in [0.5, 0.6) is 0 Å². The van der Waals surface area contributed by atoms with Gasteiger partial charge in [0.05, 0.1) is 17.7 Å². The molecule has 84 valence electrons. The van der Waals surface area contributed by atoms with Crippen LogP contribution in [0.25, 0.3) is 11.3 Å². The van der Waals surface area contributed by atoms with Crippen LogP contribution in [0.15, 0.2) is 22.7 Å². The summed E-state index contributed by atoms with van der Waals surface area (Å²) in [6, 6.07) is 3.66. The van der Waals surface area contributed by atoms with E-state index < -0.39 is 5.97 Å². The van der Waals surface area contributed by atoms with Gasteiger partial charge < -0.3 is 9.52 Å². The molecule has 0 amide bonds. The standard InChI is InChI=1S/C11H12N2O3/c1-7-3-4-10(16-7)8-6-13(2)12-9(8)5-11(14)15/h3-4,6H,5H2,1-2H3,(H,14,15). The number of furan rings is 1. The highest BCUT2D eigenvalue weighted by Gasteiger charge is 2.15. The van der Waals surface area contributed by atoms with Gasteiger partial charge in [-0.3, -0.25) is 9.48 Å². The van der Waals surface area contributed by atoms with Gasteiger partial charge in [-0.1, -0.05) is 0 Å². The zero-order valence-corrected chi connectivity index (χ0v) is 9.10. The molecular weight excluding hydrogens is 208 g/mol. The second kappa shape index (κ2) is 3.84. The van der Waals surface area contributed by atoms with Gasteiger partial charge in [-0.15, -0.1) is 0 Å². The molecule has 1 N–H and O–H groups in total. The predicted molar refractivity (Wildman–Crippen MR) is 57.0 cm³/mol. The van der Waals surface area contributed by atoms with Gasteiger partial charge in [0.25, 0.3) is 0 Å². The maximum Gasteiger partial charge on any atom is 0.309 e. The molecule has 0 saturated heterocycles. The highest BCUT2D eigenvalue weighted by molar-refractivity contribution is 5.73. The van der Waals surface area contributed by atoms with Crippen molar-refractivity contribution in [2.75, 3.05) is 0 Å². The van der Waals surface area contributed by atoms with E-state index in [0.717, 1.165) is 11.3 Å². The van der Waals surface area contributed by atoms with E-state index in [1.165, 1.54) is 0 Å². The van der Waals surface area contributed by atoms with Crippen LogP contribution in [0.1, 0.15) is 11.5 Å². The first-order chi connectivity index (χ1) is 7.56. The summed E-state index contributed by atoms with van der Waals surface area (Å²) in [6.45, 7) is 1.84. The van der Waals surface area contributed by atoms with Crippen molar-refractivity contribution in [2.45, 2.75) is 13.3 Å². The monoisotopic (exact) mass is 220 g/mol. The third-order valence-corrected chi connectivity index (χ3v) is 2.23. The second-order valence-corrected chi connectivity index (χ2v) is 3.64. The van der Waals surface area contributed by atoms with Crippen molar-refractivity contribution in [1.82, 2.24) is 9.78 Å². The SMILES string of the molecule is Cc1ccc(-c2cn(C)nc2CC(=O)O)o1. The minimum Gasteiger partial charge on any atom is -0.481 e. The van der Waals surface area contributed by atoms with Crippen molar-refractivity contribution in [2.24, 2.45) is 7.05 Å². The van der Waals surface area contributed by atoms with Gasteiger partial charge in [-0.25, -0.2) is 0 Å². The summed E-state index contributed by atoms with van der Waals surface area (Å²) in [4.78, 5) is 10.7. The minimum absolute atomic E-state index is 0.101. The van der Waals surface area contributed by atoms with Gasteiger partial charge in [0.1, 0.15) is 11.5 Å². The van der Waals surface area contributed by atoms with Crippen molar-refractivity contribution in [3.8, 4) is 11.3 Å². The molecule has 0 saturated carbocycles. The zero-order valence-electron chi connectivity index (χ0n) is 9.10. The van der Waals surface area contributed by atoms with Crippen LogP contribution < -0.4 is 0 Å². The summed E-state index contributed by atoms with van der Waals surface area (Å²) in [5, 5.41) is 12.9. The third kappa shape index (κ3) is 1.98. The summed E-state index contributed by atoms with van der Waals surface area (Å²) in [6.07, 6.45) is 1.66. The molecule has 0 spiro atoms. The van der Waals surface area contributed by atoms with Gasteiger partial charge >= 0.3 is 5.97 Å². The molecule has 0 aliphatic heterocycles. The number of hydrogen-bond donors (Lipinski definition) is 1. The lowest BCUT2D eigenvalue weighted by molar-refractivity contribution is -0.136. The minimum atomic E-state index is -0.900. The molecule has 0 atom stereocenters. The Morgan fingerprint density at radius 2 is 2.31 bits per heavy atom. The molecule has 0 unspecified atom stereocenters. The molecule has 0 radical (unpaired) electrons. The topological polar surface area (TPSA) is 68.3 Å². The molecular formula is C11H12N2O3. The Hall–Kier alpha value is -2.04. The zero-order chi connectivity index (χ0) is 11.7. The van der Waals surface area contributed by atoms with E-state index in [1.807, 2.05) is 19.1 Å². The quantitative estimate of drug-likeness (QED) is 0.853. The number of carboxylic acids is 1. The van der Waals surface area contributed by atoms with E-state index in [9.17, 15) is 4.79 Å². The maximum absolute atomic E-state index is 10.7. The molecule has 0 fully saturated rings. The first kappa shape index (κ1) is 10.5. The summed E-state index contributed by atoms with van der Waals surface area (Å²) < 4.78 is 7.05. The van der Waals surface area contributed by atoms with Crippen LogP contribution in [-0.2, 0) is 18.3 Å². The molecule has 16 heavy (non-hydrogen) atoms. The molecule has 2 rings (SSSR count). The molecule has 0 aliphatic carbocycles. The lowest BCUT2D eigenvalue weighted by Gasteiger charge is -1.95. The number of nitrogens with zero attached hydrogens (tertiary/aromatic N) is 2. The van der Waals surface area contributed by atoms with E-state index in [1.54, 1.807) is 17.9 Å². The normalized spacial score (nSPS) is 10.6. The van der Waals surface area contributed by atoms with Crippen molar-refractivity contribution in [3.63, 3.8) is 0 Å². The number of rotatable bonds is 3. The van der Waals surface area contributed by atoms with Crippen molar-refractivity contribution in [3.05, 3.63) is 29.8 Å². The van der Waals surface area contributed by atoms with E-state index in [2.05, 4.69) is 5.10 Å². The smallest absolute Gasteiger partial charge is 0.309 e. The first-order valence-corrected chi connectivity index (χ1v) is 4.87. The lowest BCUT2D eigenvalue weighted by atomic mass is 10.1. The average Bonchev–Trinajstić information content (AvgIpc) is 2.72. The Balaban J connectivity index is 2.43. The number of aryl methyl sites for hydroxylation is 2. The average molecular weight is 220 g/mol. The number of aromatic nitrogens is 2. The van der Waals surface area contributed by atoms with Gasteiger partial charge in [0.15, 0.2) is 0 Å². The molecule has 2 aromatic rings. The largest absolute Gasteiger partial charge is 0.481 e. The first-order valence-electron chi connectivity index (χ1n) is 4.87. The summed E-state index contributed by atoms with van der Waals surface area (Å²) in [7, 11) is 1.75. The van der Waals surface area contributed by atoms with Crippen molar-refractivity contribution < 1.29 is 14.3 Å². The molecule has 0 aromatic carbocycles. The summed E-state index contributed by atoms with van der Waals surface area (Å²) in [5.41, 5.74) is 1.25. The number of hydrogen-bond acceptors (Lipinski definition) is 3. The van der Waals surface area contributed by atoms with Crippen LogP contribution in [0.2, 0.25) is 0 Å². The van der Waals surface area contributed by atoms with Gasteiger partial charge in [-0.2, -0.15) is 5.10 Å². The molecule has 0 bridgehead atoms. The van der Waals surface area contributed by atoms with E-state index >= 15 is 0 Å². The van der Waals surface area contributed by atoms with Crippen LogP contribution in [-0.4, -0.2) is 20.9 Å². The number of aliphatic carboxylic acids is 1. The van der Waals surface area contributed by atoms with Gasteiger partial charge in [0, 0.05) is 13.2 Å². The molecule has 2 heterocycles.